The Kier molecular flexibility index (Phi) is 5.64. The Bertz CT molecular complexity index is 284. The molecule has 0 aliphatic carbocycles. The van der Waals surface area contributed by atoms with E-state index in [9.17, 15) is 0 Å². The highest BCUT2D eigenvalue weighted by atomic mass is 16.5. The van der Waals surface area contributed by atoms with Crippen molar-refractivity contribution in [1.29, 1.82) is 0 Å². The summed E-state index contributed by atoms with van der Waals surface area (Å²) >= 11 is 0. The van der Waals surface area contributed by atoms with Crippen LogP contribution in [0.25, 0.3) is 0 Å². The van der Waals surface area contributed by atoms with Crippen molar-refractivity contribution in [2.45, 2.75) is 32.9 Å². The van der Waals surface area contributed by atoms with E-state index in [2.05, 4.69) is 21.6 Å². The predicted molar refractivity (Wildman–Crippen MR) is 66.9 cm³/mol. The molecule has 2 aliphatic heterocycles. The molecule has 4 heteroatoms. The molecule has 0 radical (unpaired) electrons. The number of amidine groups is 1. The lowest BCUT2D eigenvalue weighted by Gasteiger charge is -2.23. The molecule has 1 N–H and O–H groups in total. The van der Waals surface area contributed by atoms with Crippen molar-refractivity contribution in [3.05, 3.63) is 24.4 Å². The molecule has 0 amide bonds. The molecule has 4 nitrogen and oxygen atoms in total. The summed E-state index contributed by atoms with van der Waals surface area (Å²) in [5.41, 5.74) is 3.11. The number of fused-ring (bicyclic) bond motifs is 1. The zero-order valence-electron chi connectivity index (χ0n) is 10.3. The van der Waals surface area contributed by atoms with Gasteiger partial charge in [-0.05, 0) is 25.0 Å². The molecule has 2 heterocycles. The van der Waals surface area contributed by atoms with Gasteiger partial charge in [0.2, 0.25) is 0 Å². The van der Waals surface area contributed by atoms with Gasteiger partial charge in [-0.3, -0.25) is 5.43 Å². The smallest absolute Gasteiger partial charge is 0.154 e. The van der Waals surface area contributed by atoms with Crippen molar-refractivity contribution >= 4 is 5.84 Å². The molecule has 0 saturated carbocycles. The van der Waals surface area contributed by atoms with Crippen molar-refractivity contribution in [3.63, 3.8) is 0 Å². The molecular formula is C12H21N3O. The number of nitrogens with one attached hydrogen (secondary N) is 1. The first-order valence-corrected chi connectivity index (χ1v) is 5.87. The highest BCUT2D eigenvalue weighted by molar-refractivity contribution is 5.95. The second kappa shape index (κ2) is 7.06. The quantitative estimate of drug-likeness (QED) is 0.741. The lowest BCUT2D eigenvalue weighted by atomic mass is 10.2. The van der Waals surface area contributed by atoms with E-state index < -0.39 is 0 Å². The van der Waals surface area contributed by atoms with Gasteiger partial charge in [0.25, 0.3) is 0 Å². The second-order valence-electron chi connectivity index (χ2n) is 3.36. The number of hydrazone groups is 1. The minimum atomic E-state index is 0.293. The molecule has 0 fully saturated rings. The Hall–Kier alpha value is -1.29. The van der Waals surface area contributed by atoms with E-state index in [-0.39, 0.29) is 0 Å². The van der Waals surface area contributed by atoms with E-state index in [4.69, 9.17) is 4.74 Å². The normalized spacial score (nSPS) is 20.8. The van der Waals surface area contributed by atoms with Crippen molar-refractivity contribution < 1.29 is 4.74 Å². The van der Waals surface area contributed by atoms with Crippen molar-refractivity contribution in [3.8, 4) is 0 Å². The Balaban J connectivity index is 0.000000606. The zero-order valence-corrected chi connectivity index (χ0v) is 10.3. The molecule has 0 bridgehead atoms. The third-order valence-electron chi connectivity index (χ3n) is 2.36. The molecule has 0 aromatic carbocycles. The first kappa shape index (κ1) is 12.8. The third-order valence-corrected chi connectivity index (χ3v) is 2.36. The third kappa shape index (κ3) is 3.10. The summed E-state index contributed by atoms with van der Waals surface area (Å²) < 4.78 is 5.02. The number of hydrogen-bond acceptors (Lipinski definition) is 4. The van der Waals surface area contributed by atoms with Gasteiger partial charge in [-0.25, -0.2) is 0 Å². The topological polar surface area (TPSA) is 36.9 Å². The fourth-order valence-corrected chi connectivity index (χ4v) is 1.63. The number of nitrogens with zero attached hydrogens (tertiary/aromatic N) is 2. The van der Waals surface area contributed by atoms with Crippen LogP contribution in [0.4, 0.5) is 0 Å². The average Bonchev–Trinajstić information content (AvgIpc) is 2.76. The number of rotatable bonds is 4. The van der Waals surface area contributed by atoms with Crippen LogP contribution in [0.1, 0.15) is 26.7 Å². The van der Waals surface area contributed by atoms with Gasteiger partial charge >= 0.3 is 0 Å². The second-order valence-corrected chi connectivity index (χ2v) is 3.36. The minimum absolute atomic E-state index is 0.293. The Morgan fingerprint density at radius 2 is 2.25 bits per heavy atom. The maximum atomic E-state index is 5.02. The Morgan fingerprint density at radius 1 is 1.44 bits per heavy atom. The minimum Gasteiger partial charge on any atom is -0.385 e. The van der Waals surface area contributed by atoms with Gasteiger partial charge in [-0.15, -0.1) is 0 Å². The summed E-state index contributed by atoms with van der Waals surface area (Å²) in [5, 5.41) is 4.23. The lowest BCUT2D eigenvalue weighted by molar-refractivity contribution is 0.183. The van der Waals surface area contributed by atoms with Crippen molar-refractivity contribution in [2.75, 3.05) is 13.7 Å². The van der Waals surface area contributed by atoms with Crippen LogP contribution in [0.3, 0.4) is 0 Å². The van der Waals surface area contributed by atoms with Crippen LogP contribution in [-0.2, 0) is 4.74 Å². The van der Waals surface area contributed by atoms with Gasteiger partial charge in [0.1, 0.15) is 6.17 Å². The first-order chi connectivity index (χ1) is 7.92. The highest BCUT2D eigenvalue weighted by Crippen LogP contribution is 2.15. The van der Waals surface area contributed by atoms with E-state index >= 15 is 0 Å². The molecule has 1 unspecified atom stereocenters. The Labute approximate surface area is 97.7 Å². The molecule has 2 aliphatic rings. The van der Waals surface area contributed by atoms with Gasteiger partial charge < -0.3 is 9.64 Å². The standard InChI is InChI=1S/C10H15N3O.C2H6/c1-14-8-4-6-10-12-11-9-5-2-3-7-13(9)10;1-2/h2-3,5,7,10,12H,4,6,8H2,1H3;1-2H3. The van der Waals surface area contributed by atoms with E-state index in [1.807, 2.05) is 32.1 Å². The highest BCUT2D eigenvalue weighted by Gasteiger charge is 2.24. The zero-order chi connectivity index (χ0) is 11.8. The molecule has 90 valence electrons. The molecule has 1 atom stereocenters. The maximum absolute atomic E-state index is 5.02. The number of ether oxygens (including phenoxy) is 1. The van der Waals surface area contributed by atoms with Crippen LogP contribution < -0.4 is 5.43 Å². The molecule has 0 spiro atoms. The van der Waals surface area contributed by atoms with Crippen molar-refractivity contribution in [2.24, 2.45) is 5.10 Å². The molecule has 0 aromatic heterocycles. The molecule has 0 saturated heterocycles. The van der Waals surface area contributed by atoms with Gasteiger partial charge in [-0.2, -0.15) is 5.10 Å². The number of hydrogen-bond donors (Lipinski definition) is 1. The first-order valence-electron chi connectivity index (χ1n) is 5.87. The summed E-state index contributed by atoms with van der Waals surface area (Å²) in [7, 11) is 1.73. The van der Waals surface area contributed by atoms with Gasteiger partial charge in [-0.1, -0.05) is 19.9 Å². The summed E-state index contributed by atoms with van der Waals surface area (Å²) in [6.45, 7) is 4.81. The van der Waals surface area contributed by atoms with Gasteiger partial charge in [0.05, 0.1) is 0 Å². The van der Waals surface area contributed by atoms with Gasteiger partial charge in [0, 0.05) is 19.9 Å². The summed E-state index contributed by atoms with van der Waals surface area (Å²) in [5.74, 6) is 0.995. The van der Waals surface area contributed by atoms with E-state index in [0.29, 0.717) is 6.17 Å². The maximum Gasteiger partial charge on any atom is 0.154 e. The van der Waals surface area contributed by atoms with Crippen LogP contribution in [-0.4, -0.2) is 30.6 Å². The summed E-state index contributed by atoms with van der Waals surface area (Å²) in [6.07, 6.45) is 10.5. The molecule has 16 heavy (non-hydrogen) atoms. The molecule has 0 aromatic rings. The monoisotopic (exact) mass is 223 g/mol. The lowest BCUT2D eigenvalue weighted by Crippen LogP contribution is -2.36. The number of allylic oxidation sites excluding steroid dienone is 2. The van der Waals surface area contributed by atoms with Crippen molar-refractivity contribution in [1.82, 2.24) is 10.3 Å². The van der Waals surface area contributed by atoms with Crippen LogP contribution in [0, 0.1) is 0 Å². The van der Waals surface area contributed by atoms with E-state index in [1.54, 1.807) is 7.11 Å². The predicted octanol–water partition coefficient (Wildman–Crippen LogP) is 2.07. The van der Waals surface area contributed by atoms with Crippen LogP contribution in [0.5, 0.6) is 0 Å². The average molecular weight is 223 g/mol. The Morgan fingerprint density at radius 3 is 3.00 bits per heavy atom. The summed E-state index contributed by atoms with van der Waals surface area (Å²) in [6, 6.07) is 0. The van der Waals surface area contributed by atoms with Crippen LogP contribution >= 0.6 is 0 Å². The van der Waals surface area contributed by atoms with Crippen LogP contribution in [0.15, 0.2) is 29.5 Å². The largest absolute Gasteiger partial charge is 0.385 e. The van der Waals surface area contributed by atoms with Gasteiger partial charge in [0.15, 0.2) is 5.84 Å². The van der Waals surface area contributed by atoms with E-state index in [0.717, 1.165) is 25.3 Å². The molecule has 2 rings (SSSR count). The summed E-state index contributed by atoms with van der Waals surface area (Å²) in [4.78, 5) is 2.15. The number of methoxy groups -OCH3 is 1. The fourth-order valence-electron chi connectivity index (χ4n) is 1.63. The molecular weight excluding hydrogens is 202 g/mol. The SMILES string of the molecule is CC.COCCCC1NN=C2C=CC=CN21. The fraction of sp³-hybridized carbons (Fsp3) is 0.583. The van der Waals surface area contributed by atoms with E-state index in [1.165, 1.54) is 0 Å². The van der Waals surface area contributed by atoms with Crippen LogP contribution in [0.2, 0.25) is 0 Å².